The van der Waals surface area contributed by atoms with Crippen molar-refractivity contribution in [1.82, 2.24) is 10.6 Å². The molecule has 124 valence electrons. The van der Waals surface area contributed by atoms with Crippen molar-refractivity contribution in [3.05, 3.63) is 17.7 Å². The van der Waals surface area contributed by atoms with E-state index in [0.29, 0.717) is 30.2 Å². The van der Waals surface area contributed by atoms with Gasteiger partial charge in [-0.3, -0.25) is 0 Å². The highest BCUT2D eigenvalue weighted by Crippen LogP contribution is 2.34. The van der Waals surface area contributed by atoms with Gasteiger partial charge >= 0.3 is 6.03 Å². The molecule has 6 nitrogen and oxygen atoms in total. The summed E-state index contributed by atoms with van der Waals surface area (Å²) in [4.78, 5) is 11.7. The summed E-state index contributed by atoms with van der Waals surface area (Å²) >= 11 is 0. The van der Waals surface area contributed by atoms with E-state index >= 15 is 0 Å². The number of ether oxygens (including phenoxy) is 3. The van der Waals surface area contributed by atoms with E-state index in [-0.39, 0.29) is 11.6 Å². The van der Waals surface area contributed by atoms with Crippen LogP contribution in [-0.4, -0.2) is 39.4 Å². The van der Waals surface area contributed by atoms with E-state index in [1.807, 2.05) is 26.8 Å². The Balaban J connectivity index is 2.71. The van der Waals surface area contributed by atoms with Gasteiger partial charge < -0.3 is 24.8 Å². The van der Waals surface area contributed by atoms with E-state index in [0.717, 1.165) is 5.56 Å². The average Bonchev–Trinajstić information content (AvgIpc) is 2.44. The van der Waals surface area contributed by atoms with Crippen LogP contribution in [-0.2, 0) is 6.42 Å². The summed E-state index contributed by atoms with van der Waals surface area (Å²) in [7, 11) is 4.77. The Morgan fingerprint density at radius 2 is 1.55 bits per heavy atom. The Hall–Kier alpha value is -2.11. The number of urea groups is 1. The van der Waals surface area contributed by atoms with E-state index < -0.39 is 0 Å². The van der Waals surface area contributed by atoms with Crippen LogP contribution in [0.2, 0.25) is 0 Å². The molecule has 0 atom stereocenters. The third-order valence-corrected chi connectivity index (χ3v) is 2.96. The number of carbonyl (C=O) groups excluding carboxylic acids is 1. The fourth-order valence-electron chi connectivity index (χ4n) is 1.98. The molecule has 0 saturated heterocycles. The monoisotopic (exact) mass is 310 g/mol. The van der Waals surface area contributed by atoms with E-state index in [4.69, 9.17) is 14.2 Å². The van der Waals surface area contributed by atoms with Crippen molar-refractivity contribution in [1.29, 1.82) is 0 Å². The average molecular weight is 310 g/mol. The maximum Gasteiger partial charge on any atom is 0.315 e. The first-order valence-electron chi connectivity index (χ1n) is 7.15. The minimum Gasteiger partial charge on any atom is -0.496 e. The maximum atomic E-state index is 11.7. The second-order valence-electron chi connectivity index (χ2n) is 5.90. The number of carbonyl (C=O) groups is 1. The smallest absolute Gasteiger partial charge is 0.315 e. The molecule has 0 aliphatic carbocycles. The molecule has 0 aromatic heterocycles. The van der Waals surface area contributed by atoms with Gasteiger partial charge in [0.05, 0.1) is 21.3 Å². The van der Waals surface area contributed by atoms with Crippen LogP contribution in [0.3, 0.4) is 0 Å². The number of hydrogen-bond acceptors (Lipinski definition) is 4. The van der Waals surface area contributed by atoms with Gasteiger partial charge in [0.15, 0.2) is 11.5 Å². The summed E-state index contributed by atoms with van der Waals surface area (Å²) in [6, 6.07) is 3.46. The minimum absolute atomic E-state index is 0.188. The standard InChI is InChI=1S/C16H26N2O4/c1-16(2,3)18-15(19)17-8-7-11-9-13(21-5)14(22-6)10-12(11)20-4/h9-10H,7-8H2,1-6H3,(H2,17,18,19). The Kier molecular flexibility index (Phi) is 6.34. The van der Waals surface area contributed by atoms with Crippen LogP contribution in [0.5, 0.6) is 17.2 Å². The quantitative estimate of drug-likeness (QED) is 0.846. The third kappa shape index (κ3) is 5.35. The lowest BCUT2D eigenvalue weighted by Crippen LogP contribution is -2.46. The fourth-order valence-corrected chi connectivity index (χ4v) is 1.98. The highest BCUT2D eigenvalue weighted by atomic mass is 16.5. The van der Waals surface area contributed by atoms with Gasteiger partial charge in [-0.05, 0) is 38.8 Å². The van der Waals surface area contributed by atoms with Gasteiger partial charge in [-0.25, -0.2) is 4.79 Å². The summed E-state index contributed by atoms with van der Waals surface area (Å²) < 4.78 is 15.9. The lowest BCUT2D eigenvalue weighted by Gasteiger charge is -2.21. The summed E-state index contributed by atoms with van der Waals surface area (Å²) in [6.07, 6.45) is 0.626. The van der Waals surface area contributed by atoms with Gasteiger partial charge in [-0.1, -0.05) is 0 Å². The highest BCUT2D eigenvalue weighted by molar-refractivity contribution is 5.74. The number of amides is 2. The van der Waals surface area contributed by atoms with Crippen LogP contribution >= 0.6 is 0 Å². The van der Waals surface area contributed by atoms with Gasteiger partial charge in [0.1, 0.15) is 5.75 Å². The molecule has 0 radical (unpaired) electrons. The molecular weight excluding hydrogens is 284 g/mol. The predicted molar refractivity (Wildman–Crippen MR) is 86.1 cm³/mol. The lowest BCUT2D eigenvalue weighted by molar-refractivity contribution is 0.232. The predicted octanol–water partition coefficient (Wildman–Crippen LogP) is 2.35. The van der Waals surface area contributed by atoms with Gasteiger partial charge in [-0.15, -0.1) is 0 Å². The summed E-state index contributed by atoms with van der Waals surface area (Å²) in [5.41, 5.74) is 0.682. The van der Waals surface area contributed by atoms with Crippen molar-refractivity contribution in [3.63, 3.8) is 0 Å². The first-order chi connectivity index (χ1) is 10.3. The van der Waals surface area contributed by atoms with Gasteiger partial charge in [-0.2, -0.15) is 0 Å². The topological polar surface area (TPSA) is 68.8 Å². The minimum atomic E-state index is -0.259. The van der Waals surface area contributed by atoms with Crippen molar-refractivity contribution < 1.29 is 19.0 Å². The molecule has 0 unspecified atom stereocenters. The maximum absolute atomic E-state index is 11.7. The molecule has 0 heterocycles. The van der Waals surface area contributed by atoms with Crippen molar-refractivity contribution >= 4 is 6.03 Å². The summed E-state index contributed by atoms with van der Waals surface area (Å²) in [5, 5.41) is 5.68. The van der Waals surface area contributed by atoms with Crippen LogP contribution < -0.4 is 24.8 Å². The van der Waals surface area contributed by atoms with Crippen LogP contribution in [0.15, 0.2) is 12.1 Å². The van der Waals surface area contributed by atoms with Crippen molar-refractivity contribution in [2.75, 3.05) is 27.9 Å². The van der Waals surface area contributed by atoms with E-state index in [2.05, 4.69) is 10.6 Å². The molecular formula is C16H26N2O4. The zero-order valence-electron chi connectivity index (χ0n) is 14.2. The Morgan fingerprint density at radius 1 is 1.00 bits per heavy atom. The van der Waals surface area contributed by atoms with Crippen molar-refractivity contribution in [2.45, 2.75) is 32.7 Å². The van der Waals surface area contributed by atoms with Crippen LogP contribution in [0.25, 0.3) is 0 Å². The number of rotatable bonds is 6. The van der Waals surface area contributed by atoms with E-state index in [1.165, 1.54) is 0 Å². The Labute approximate surface area is 132 Å². The van der Waals surface area contributed by atoms with E-state index in [9.17, 15) is 4.79 Å². The molecule has 6 heteroatoms. The second-order valence-corrected chi connectivity index (χ2v) is 5.90. The van der Waals surface area contributed by atoms with Crippen molar-refractivity contribution in [3.8, 4) is 17.2 Å². The molecule has 0 bridgehead atoms. The zero-order chi connectivity index (χ0) is 16.8. The molecule has 1 rings (SSSR count). The number of nitrogens with one attached hydrogen (secondary N) is 2. The molecule has 0 spiro atoms. The molecule has 2 N–H and O–H groups in total. The molecule has 22 heavy (non-hydrogen) atoms. The van der Waals surface area contributed by atoms with Crippen LogP contribution in [0, 0.1) is 0 Å². The molecule has 2 amide bonds. The molecule has 0 fully saturated rings. The summed E-state index contributed by atoms with van der Waals surface area (Å²) in [5.74, 6) is 1.95. The van der Waals surface area contributed by atoms with Crippen LogP contribution in [0.4, 0.5) is 4.79 Å². The Bertz CT molecular complexity index is 510. The SMILES string of the molecule is COc1cc(OC)c(OC)cc1CCNC(=O)NC(C)(C)C. The second kappa shape index (κ2) is 7.77. The largest absolute Gasteiger partial charge is 0.496 e. The number of methoxy groups -OCH3 is 3. The number of benzene rings is 1. The Morgan fingerprint density at radius 3 is 2.05 bits per heavy atom. The third-order valence-electron chi connectivity index (χ3n) is 2.96. The zero-order valence-corrected chi connectivity index (χ0v) is 14.2. The normalized spacial score (nSPS) is 10.8. The van der Waals surface area contributed by atoms with Gasteiger partial charge in [0.2, 0.25) is 0 Å². The number of hydrogen-bond donors (Lipinski definition) is 2. The highest BCUT2D eigenvalue weighted by Gasteiger charge is 2.14. The molecule has 1 aromatic carbocycles. The summed E-state index contributed by atoms with van der Waals surface area (Å²) in [6.45, 7) is 6.30. The van der Waals surface area contributed by atoms with E-state index in [1.54, 1.807) is 27.4 Å². The first-order valence-corrected chi connectivity index (χ1v) is 7.15. The van der Waals surface area contributed by atoms with Gasteiger partial charge in [0.25, 0.3) is 0 Å². The van der Waals surface area contributed by atoms with Crippen LogP contribution in [0.1, 0.15) is 26.3 Å². The first kappa shape index (κ1) is 17.9. The van der Waals surface area contributed by atoms with Crippen molar-refractivity contribution in [2.24, 2.45) is 0 Å². The van der Waals surface area contributed by atoms with Gasteiger partial charge in [0, 0.05) is 18.2 Å². The molecule has 0 aliphatic rings. The fraction of sp³-hybridized carbons (Fsp3) is 0.562. The molecule has 1 aromatic rings. The molecule has 0 aliphatic heterocycles. The molecule has 0 saturated carbocycles. The lowest BCUT2D eigenvalue weighted by atomic mass is 10.1.